The van der Waals surface area contributed by atoms with Crippen molar-refractivity contribution in [1.29, 1.82) is 0 Å². The third kappa shape index (κ3) is 4.55. The first-order valence-electron chi connectivity index (χ1n) is 10.7. The molecule has 0 aromatic heterocycles. The number of hydrogen-bond acceptors (Lipinski definition) is 3. The molecular formula is C26H28N2O2. The number of rotatable bonds is 7. The molecule has 1 aliphatic rings. The van der Waals surface area contributed by atoms with Gasteiger partial charge in [0, 0.05) is 6.04 Å². The minimum atomic E-state index is -0.461. The van der Waals surface area contributed by atoms with Gasteiger partial charge in [-0.05, 0) is 55.0 Å². The zero-order chi connectivity index (χ0) is 20.8. The Morgan fingerprint density at radius 1 is 1.00 bits per heavy atom. The van der Waals surface area contributed by atoms with Gasteiger partial charge in [0.2, 0.25) is 5.91 Å². The summed E-state index contributed by atoms with van der Waals surface area (Å²) in [7, 11) is 0. The minimum absolute atomic E-state index is 0.0867. The van der Waals surface area contributed by atoms with Crippen LogP contribution in [0.2, 0.25) is 0 Å². The molecule has 3 aromatic carbocycles. The number of aryl methyl sites for hydroxylation is 1. The van der Waals surface area contributed by atoms with E-state index in [1.54, 1.807) is 0 Å². The molecule has 0 saturated heterocycles. The molecule has 0 heterocycles. The van der Waals surface area contributed by atoms with Gasteiger partial charge in [0.15, 0.2) is 0 Å². The summed E-state index contributed by atoms with van der Waals surface area (Å²) in [6.45, 7) is 2.49. The fraction of sp³-hybridized carbons (Fsp3) is 0.269. The maximum atomic E-state index is 13.4. The zero-order valence-electron chi connectivity index (χ0n) is 17.3. The summed E-state index contributed by atoms with van der Waals surface area (Å²) in [4.78, 5) is 13.4. The van der Waals surface area contributed by atoms with E-state index in [0.29, 0.717) is 18.0 Å². The monoisotopic (exact) mass is 400 g/mol. The molecule has 0 spiro atoms. The van der Waals surface area contributed by atoms with Gasteiger partial charge >= 0.3 is 0 Å². The van der Waals surface area contributed by atoms with Gasteiger partial charge in [0.25, 0.3) is 0 Å². The van der Waals surface area contributed by atoms with E-state index in [1.807, 2.05) is 61.5 Å². The normalized spacial score (nSPS) is 16.4. The molecule has 0 radical (unpaired) electrons. The molecule has 0 fully saturated rings. The van der Waals surface area contributed by atoms with Crippen molar-refractivity contribution in [3.05, 3.63) is 95.6 Å². The number of fused-ring (bicyclic) bond motifs is 1. The van der Waals surface area contributed by atoms with E-state index in [1.165, 1.54) is 11.1 Å². The highest BCUT2D eigenvalue weighted by atomic mass is 16.5. The van der Waals surface area contributed by atoms with Gasteiger partial charge in [-0.25, -0.2) is 0 Å². The predicted molar refractivity (Wildman–Crippen MR) is 121 cm³/mol. The standard InChI is InChI=1S/C26H28N2O2/c1-2-30-24-18-9-8-16-23(24)28-26(29)25(20-12-4-3-5-13-20)27-22-17-10-14-19-11-6-7-15-21(19)22/h3-9,11-13,15-16,18,22,25,27H,2,10,14,17H2,1H3,(H,28,29)/t22-,25+/m0/s1. The number of ether oxygens (including phenoxy) is 1. The molecule has 30 heavy (non-hydrogen) atoms. The molecule has 0 bridgehead atoms. The van der Waals surface area contributed by atoms with Gasteiger partial charge in [-0.3, -0.25) is 10.1 Å². The molecule has 2 N–H and O–H groups in total. The maximum Gasteiger partial charge on any atom is 0.246 e. The topological polar surface area (TPSA) is 50.4 Å². The maximum absolute atomic E-state index is 13.4. The minimum Gasteiger partial charge on any atom is -0.492 e. The number of nitrogens with one attached hydrogen (secondary N) is 2. The van der Waals surface area contributed by atoms with E-state index in [-0.39, 0.29) is 11.9 Å². The molecule has 1 aliphatic carbocycles. The number of hydrogen-bond donors (Lipinski definition) is 2. The van der Waals surface area contributed by atoms with E-state index in [4.69, 9.17) is 4.74 Å². The summed E-state index contributed by atoms with van der Waals surface area (Å²) >= 11 is 0. The van der Waals surface area contributed by atoms with Crippen LogP contribution >= 0.6 is 0 Å². The van der Waals surface area contributed by atoms with E-state index in [9.17, 15) is 4.79 Å². The quantitative estimate of drug-likeness (QED) is 0.556. The molecule has 0 aliphatic heterocycles. The van der Waals surface area contributed by atoms with Crippen LogP contribution in [0.25, 0.3) is 0 Å². The van der Waals surface area contributed by atoms with Gasteiger partial charge in [0.1, 0.15) is 11.8 Å². The Balaban J connectivity index is 1.61. The number of anilines is 1. The van der Waals surface area contributed by atoms with Crippen molar-refractivity contribution in [2.24, 2.45) is 0 Å². The highest BCUT2D eigenvalue weighted by Crippen LogP contribution is 2.32. The number of carbonyl (C=O) groups is 1. The average molecular weight is 401 g/mol. The summed E-state index contributed by atoms with van der Waals surface area (Å²) < 4.78 is 5.68. The van der Waals surface area contributed by atoms with Crippen LogP contribution in [0.5, 0.6) is 5.75 Å². The van der Waals surface area contributed by atoms with Crippen LogP contribution in [-0.4, -0.2) is 12.5 Å². The lowest BCUT2D eigenvalue weighted by molar-refractivity contribution is -0.118. The lowest BCUT2D eigenvalue weighted by Crippen LogP contribution is -2.36. The van der Waals surface area contributed by atoms with Crippen LogP contribution in [0.3, 0.4) is 0 Å². The predicted octanol–water partition coefficient (Wildman–Crippen LogP) is 5.43. The Hall–Kier alpha value is -3.11. The van der Waals surface area contributed by atoms with Crippen LogP contribution in [0.4, 0.5) is 5.69 Å². The van der Waals surface area contributed by atoms with E-state index < -0.39 is 6.04 Å². The van der Waals surface area contributed by atoms with Crippen LogP contribution in [0.15, 0.2) is 78.9 Å². The second-order valence-corrected chi connectivity index (χ2v) is 7.57. The van der Waals surface area contributed by atoms with Crippen LogP contribution in [-0.2, 0) is 11.2 Å². The molecule has 4 nitrogen and oxygen atoms in total. The number of para-hydroxylation sites is 2. The molecule has 154 valence electrons. The van der Waals surface area contributed by atoms with Crippen molar-refractivity contribution in [2.45, 2.75) is 38.3 Å². The van der Waals surface area contributed by atoms with Gasteiger partial charge in [0.05, 0.1) is 12.3 Å². The van der Waals surface area contributed by atoms with Crippen LogP contribution < -0.4 is 15.4 Å². The zero-order valence-corrected chi connectivity index (χ0v) is 17.3. The molecule has 4 heteroatoms. The Bertz CT molecular complexity index is 987. The number of amides is 1. The van der Waals surface area contributed by atoms with Crippen molar-refractivity contribution in [3.8, 4) is 5.75 Å². The lowest BCUT2D eigenvalue weighted by atomic mass is 9.87. The largest absolute Gasteiger partial charge is 0.492 e. The Kier molecular flexibility index (Phi) is 6.45. The van der Waals surface area contributed by atoms with Gasteiger partial charge in [-0.2, -0.15) is 0 Å². The highest BCUT2D eigenvalue weighted by molar-refractivity contribution is 5.96. The van der Waals surface area contributed by atoms with Crippen molar-refractivity contribution in [1.82, 2.24) is 5.32 Å². The summed E-state index contributed by atoms with van der Waals surface area (Å²) in [5.74, 6) is 0.597. The highest BCUT2D eigenvalue weighted by Gasteiger charge is 2.28. The van der Waals surface area contributed by atoms with Crippen molar-refractivity contribution in [3.63, 3.8) is 0 Å². The smallest absolute Gasteiger partial charge is 0.246 e. The van der Waals surface area contributed by atoms with Crippen LogP contribution in [0.1, 0.15) is 48.5 Å². The summed E-state index contributed by atoms with van der Waals surface area (Å²) in [6.07, 6.45) is 3.23. The summed E-state index contributed by atoms with van der Waals surface area (Å²) in [5.41, 5.74) is 4.31. The number of carbonyl (C=O) groups excluding carboxylic acids is 1. The average Bonchev–Trinajstić information content (AvgIpc) is 2.79. The van der Waals surface area contributed by atoms with Gasteiger partial charge < -0.3 is 10.1 Å². The van der Waals surface area contributed by atoms with Gasteiger partial charge in [-0.1, -0.05) is 66.7 Å². The first-order chi connectivity index (χ1) is 14.8. The third-order valence-corrected chi connectivity index (χ3v) is 5.58. The molecular weight excluding hydrogens is 372 g/mol. The van der Waals surface area contributed by atoms with E-state index in [0.717, 1.165) is 24.8 Å². The third-order valence-electron chi connectivity index (χ3n) is 5.58. The first-order valence-corrected chi connectivity index (χ1v) is 10.7. The van der Waals surface area contributed by atoms with Crippen LogP contribution in [0, 0.1) is 0 Å². The molecule has 1 amide bonds. The fourth-order valence-electron chi connectivity index (χ4n) is 4.15. The first kappa shape index (κ1) is 20.2. The molecule has 0 unspecified atom stereocenters. The Morgan fingerprint density at radius 3 is 2.57 bits per heavy atom. The molecule has 2 atom stereocenters. The second kappa shape index (κ2) is 9.59. The van der Waals surface area contributed by atoms with Gasteiger partial charge in [-0.15, -0.1) is 0 Å². The van der Waals surface area contributed by atoms with Crippen molar-refractivity contribution >= 4 is 11.6 Å². The van der Waals surface area contributed by atoms with Crippen molar-refractivity contribution in [2.75, 3.05) is 11.9 Å². The summed E-state index contributed by atoms with van der Waals surface area (Å²) in [5, 5.41) is 6.73. The molecule has 0 saturated carbocycles. The van der Waals surface area contributed by atoms with E-state index >= 15 is 0 Å². The Morgan fingerprint density at radius 2 is 1.73 bits per heavy atom. The summed E-state index contributed by atoms with van der Waals surface area (Å²) in [6, 6.07) is 25.7. The molecule has 3 aromatic rings. The SMILES string of the molecule is CCOc1ccccc1NC(=O)[C@H](N[C@H]1CCCc2ccccc21)c1ccccc1. The van der Waals surface area contributed by atoms with Crippen molar-refractivity contribution < 1.29 is 9.53 Å². The fourth-order valence-corrected chi connectivity index (χ4v) is 4.15. The lowest BCUT2D eigenvalue weighted by Gasteiger charge is -2.30. The van der Waals surface area contributed by atoms with E-state index in [2.05, 4.69) is 34.9 Å². The Labute approximate surface area is 178 Å². The number of benzene rings is 3. The molecule has 4 rings (SSSR count). The second-order valence-electron chi connectivity index (χ2n) is 7.57.